The minimum atomic E-state index is -0.716. The lowest BCUT2D eigenvalue weighted by Gasteiger charge is -2.35. The number of carbonyl (C=O) groups is 1. The van der Waals surface area contributed by atoms with E-state index in [0.29, 0.717) is 30.8 Å². The molecule has 178 valence electrons. The van der Waals surface area contributed by atoms with E-state index in [9.17, 15) is 18.4 Å². The van der Waals surface area contributed by atoms with Crippen LogP contribution in [0.4, 0.5) is 25.1 Å². The van der Waals surface area contributed by atoms with Gasteiger partial charge in [0.05, 0.1) is 12.2 Å². The number of piperazine rings is 1. The second-order valence-electron chi connectivity index (χ2n) is 8.19. The Morgan fingerprint density at radius 2 is 1.74 bits per heavy atom. The van der Waals surface area contributed by atoms with E-state index >= 15 is 0 Å². The first kappa shape index (κ1) is 22.5. The summed E-state index contributed by atoms with van der Waals surface area (Å²) < 4.78 is 28.9. The Kier molecular flexibility index (Phi) is 6.09. The molecular formula is C25H22F2N6O2. The molecule has 0 saturated carbocycles. The molecule has 4 aromatic rings. The largest absolute Gasteiger partial charge is 0.348 e. The van der Waals surface area contributed by atoms with Crippen molar-refractivity contribution in [3.8, 4) is 0 Å². The molecule has 1 aliphatic rings. The summed E-state index contributed by atoms with van der Waals surface area (Å²) >= 11 is 0. The zero-order chi connectivity index (χ0) is 24.4. The van der Waals surface area contributed by atoms with Crippen LogP contribution in [0.1, 0.15) is 5.56 Å². The molecule has 0 bridgehead atoms. The molecule has 1 fully saturated rings. The van der Waals surface area contributed by atoms with Crippen LogP contribution in [0.25, 0.3) is 11.2 Å². The molecule has 0 unspecified atom stereocenters. The first-order valence-electron chi connectivity index (χ1n) is 11.1. The minimum Gasteiger partial charge on any atom is -0.348 e. The molecule has 5 rings (SSSR count). The Morgan fingerprint density at radius 1 is 0.971 bits per heavy atom. The van der Waals surface area contributed by atoms with E-state index in [4.69, 9.17) is 0 Å². The van der Waals surface area contributed by atoms with Crippen molar-refractivity contribution < 1.29 is 13.6 Å². The van der Waals surface area contributed by atoms with Gasteiger partial charge in [0.1, 0.15) is 17.2 Å². The highest BCUT2D eigenvalue weighted by molar-refractivity contribution is 5.89. The Labute approximate surface area is 199 Å². The average molecular weight is 476 g/mol. The van der Waals surface area contributed by atoms with Gasteiger partial charge in [-0.1, -0.05) is 30.3 Å². The number of pyridine rings is 1. The SMILES string of the molecule is O=C(Nc1cc(F)ccc1F)N1CCN(c2nc3cccnc3n(Cc3ccccc3)c2=O)CC1. The van der Waals surface area contributed by atoms with Crippen LogP contribution in [0, 0.1) is 11.6 Å². The Hall–Kier alpha value is -4.34. The number of hydrogen-bond acceptors (Lipinski definition) is 5. The highest BCUT2D eigenvalue weighted by Crippen LogP contribution is 2.18. The van der Waals surface area contributed by atoms with Crippen LogP contribution in [-0.2, 0) is 6.54 Å². The van der Waals surface area contributed by atoms with Crippen molar-refractivity contribution in [2.45, 2.75) is 6.54 Å². The molecule has 1 N–H and O–H groups in total. The van der Waals surface area contributed by atoms with Gasteiger partial charge in [-0.05, 0) is 29.8 Å². The zero-order valence-electron chi connectivity index (χ0n) is 18.7. The number of aromatic nitrogens is 3. The normalized spacial score (nSPS) is 13.8. The molecule has 1 aliphatic heterocycles. The maximum absolute atomic E-state index is 13.9. The number of urea groups is 1. The number of rotatable bonds is 4. The number of anilines is 2. The summed E-state index contributed by atoms with van der Waals surface area (Å²) in [6.07, 6.45) is 1.63. The van der Waals surface area contributed by atoms with E-state index < -0.39 is 17.7 Å². The second-order valence-corrected chi connectivity index (χ2v) is 8.19. The summed E-state index contributed by atoms with van der Waals surface area (Å²) in [5.41, 5.74) is 1.58. The van der Waals surface area contributed by atoms with E-state index in [0.717, 1.165) is 23.8 Å². The molecular weight excluding hydrogens is 454 g/mol. The van der Waals surface area contributed by atoms with Gasteiger partial charge in [-0.15, -0.1) is 0 Å². The van der Waals surface area contributed by atoms with E-state index in [-0.39, 0.29) is 30.2 Å². The van der Waals surface area contributed by atoms with Crippen LogP contribution in [-0.4, -0.2) is 51.6 Å². The van der Waals surface area contributed by atoms with Gasteiger partial charge in [0, 0.05) is 38.4 Å². The van der Waals surface area contributed by atoms with Gasteiger partial charge in [0.2, 0.25) is 0 Å². The molecule has 0 radical (unpaired) electrons. The topological polar surface area (TPSA) is 83.4 Å². The van der Waals surface area contributed by atoms with Gasteiger partial charge in [-0.3, -0.25) is 9.36 Å². The van der Waals surface area contributed by atoms with Gasteiger partial charge in [0.25, 0.3) is 5.56 Å². The first-order valence-corrected chi connectivity index (χ1v) is 11.1. The van der Waals surface area contributed by atoms with Crippen LogP contribution < -0.4 is 15.8 Å². The molecule has 2 amide bonds. The Bertz CT molecular complexity index is 1440. The van der Waals surface area contributed by atoms with Gasteiger partial charge in [-0.2, -0.15) is 0 Å². The van der Waals surface area contributed by atoms with Gasteiger partial charge >= 0.3 is 6.03 Å². The van der Waals surface area contributed by atoms with Crippen molar-refractivity contribution in [1.82, 2.24) is 19.4 Å². The number of hydrogen-bond donors (Lipinski definition) is 1. The van der Waals surface area contributed by atoms with Gasteiger partial charge < -0.3 is 15.1 Å². The van der Waals surface area contributed by atoms with Crippen molar-refractivity contribution >= 4 is 28.7 Å². The van der Waals surface area contributed by atoms with Crippen LogP contribution >= 0.6 is 0 Å². The second kappa shape index (κ2) is 9.49. The Balaban J connectivity index is 1.36. The van der Waals surface area contributed by atoms with Crippen LogP contribution in [0.5, 0.6) is 0 Å². The van der Waals surface area contributed by atoms with Gasteiger partial charge in [0.15, 0.2) is 11.5 Å². The number of fused-ring (bicyclic) bond motifs is 1. The molecule has 0 spiro atoms. The molecule has 3 heterocycles. The maximum Gasteiger partial charge on any atom is 0.322 e. The summed E-state index contributed by atoms with van der Waals surface area (Å²) in [6, 6.07) is 15.6. The van der Waals surface area contributed by atoms with Crippen molar-refractivity contribution in [2.24, 2.45) is 0 Å². The fourth-order valence-corrected chi connectivity index (χ4v) is 4.09. The van der Waals surface area contributed by atoms with Crippen molar-refractivity contribution in [3.05, 3.63) is 94.4 Å². The summed E-state index contributed by atoms with van der Waals surface area (Å²) in [4.78, 5) is 38.3. The summed E-state index contributed by atoms with van der Waals surface area (Å²) in [5.74, 6) is -1.07. The third kappa shape index (κ3) is 4.68. The number of halogens is 2. The standard InChI is InChI=1S/C25H22F2N6O2/c26-18-8-9-19(27)21(15-18)30-25(35)32-13-11-31(12-14-32)23-24(34)33(16-17-5-2-1-3-6-17)22-20(29-23)7-4-10-28-22/h1-10,15H,11-14,16H2,(H,30,35). The maximum atomic E-state index is 13.9. The summed E-state index contributed by atoms with van der Waals surface area (Å²) in [7, 11) is 0. The Morgan fingerprint density at radius 3 is 2.51 bits per heavy atom. The zero-order valence-corrected chi connectivity index (χ0v) is 18.7. The highest BCUT2D eigenvalue weighted by atomic mass is 19.1. The molecule has 2 aromatic carbocycles. The van der Waals surface area contributed by atoms with Crippen molar-refractivity contribution in [2.75, 3.05) is 36.4 Å². The number of amides is 2. The van der Waals surface area contributed by atoms with E-state index in [1.807, 2.05) is 41.3 Å². The van der Waals surface area contributed by atoms with Crippen LogP contribution in [0.3, 0.4) is 0 Å². The number of benzene rings is 2. The molecule has 0 aliphatic carbocycles. The number of nitrogens with one attached hydrogen (secondary N) is 1. The molecule has 8 nitrogen and oxygen atoms in total. The summed E-state index contributed by atoms with van der Waals surface area (Å²) in [6.45, 7) is 1.64. The predicted molar refractivity (Wildman–Crippen MR) is 129 cm³/mol. The predicted octanol–water partition coefficient (Wildman–Crippen LogP) is 3.47. The molecule has 10 heteroatoms. The fourth-order valence-electron chi connectivity index (χ4n) is 4.09. The monoisotopic (exact) mass is 476 g/mol. The van der Waals surface area contributed by atoms with Crippen molar-refractivity contribution in [1.29, 1.82) is 0 Å². The van der Waals surface area contributed by atoms with E-state index in [1.54, 1.807) is 16.8 Å². The quantitative estimate of drug-likeness (QED) is 0.488. The molecule has 1 saturated heterocycles. The third-order valence-electron chi connectivity index (χ3n) is 5.90. The third-order valence-corrected chi connectivity index (χ3v) is 5.90. The lowest BCUT2D eigenvalue weighted by atomic mass is 10.2. The molecule has 0 atom stereocenters. The van der Waals surface area contributed by atoms with E-state index in [2.05, 4.69) is 15.3 Å². The number of nitrogens with zero attached hydrogens (tertiary/aromatic N) is 5. The van der Waals surface area contributed by atoms with Crippen LogP contribution in [0.2, 0.25) is 0 Å². The van der Waals surface area contributed by atoms with Crippen LogP contribution in [0.15, 0.2) is 71.7 Å². The lowest BCUT2D eigenvalue weighted by Crippen LogP contribution is -2.51. The fraction of sp³-hybridized carbons (Fsp3) is 0.200. The number of carbonyl (C=O) groups excluding carboxylic acids is 1. The van der Waals surface area contributed by atoms with Gasteiger partial charge in [-0.25, -0.2) is 23.5 Å². The van der Waals surface area contributed by atoms with E-state index in [1.165, 1.54) is 4.90 Å². The average Bonchev–Trinajstić information content (AvgIpc) is 2.88. The van der Waals surface area contributed by atoms with Crippen molar-refractivity contribution in [3.63, 3.8) is 0 Å². The minimum absolute atomic E-state index is 0.218. The smallest absolute Gasteiger partial charge is 0.322 e. The lowest BCUT2D eigenvalue weighted by molar-refractivity contribution is 0.208. The highest BCUT2D eigenvalue weighted by Gasteiger charge is 2.25. The first-order chi connectivity index (χ1) is 17.0. The molecule has 35 heavy (non-hydrogen) atoms. The summed E-state index contributed by atoms with van der Waals surface area (Å²) in [5, 5.41) is 2.41. The molecule has 2 aromatic heterocycles.